The third-order valence-corrected chi connectivity index (χ3v) is 6.08. The minimum atomic E-state index is -3.42. The van der Waals surface area contributed by atoms with Crippen molar-refractivity contribution in [3.05, 3.63) is 40.8 Å². The number of carbonyl (C=O) groups is 1. The Labute approximate surface area is 113 Å². The molecule has 4 rings (SSSR count). The molecule has 0 spiro atoms. The van der Waals surface area contributed by atoms with E-state index in [9.17, 15) is 13.2 Å². The molecule has 100 valence electrons. The highest BCUT2D eigenvalue weighted by Gasteiger charge is 2.40. The van der Waals surface area contributed by atoms with Crippen LogP contribution >= 0.6 is 0 Å². The number of Topliss-reactive ketones (excluding diaryl/α,β-unsaturated/α-hetero) is 1. The van der Waals surface area contributed by atoms with Crippen LogP contribution in [-0.4, -0.2) is 14.2 Å². The number of rotatable bonds is 2. The molecule has 0 aromatic heterocycles. The van der Waals surface area contributed by atoms with Gasteiger partial charge in [-0.05, 0) is 31.9 Å². The van der Waals surface area contributed by atoms with E-state index in [-0.39, 0.29) is 17.6 Å². The molecule has 4 heteroatoms. The largest absolute Gasteiger partial charge is 0.299 e. The van der Waals surface area contributed by atoms with Crippen LogP contribution in [-0.2, 0) is 14.6 Å². The van der Waals surface area contributed by atoms with Crippen LogP contribution < -0.4 is 0 Å². The molecule has 3 aliphatic carbocycles. The summed E-state index contributed by atoms with van der Waals surface area (Å²) in [6.45, 7) is 1.93. The molecule has 0 saturated heterocycles. The van der Waals surface area contributed by atoms with Crippen LogP contribution in [0.5, 0.6) is 0 Å². The van der Waals surface area contributed by atoms with Gasteiger partial charge < -0.3 is 0 Å². The standard InChI is InChI=1S/C15H16O3S/c1-10-2-6-13(7-3-10)19(17,18)15-9-11-4-5-12(15)8-14(11)16/h2-3,6-7,9,11-12H,4-5,8H2,1H3. The Hall–Kier alpha value is -1.42. The molecule has 2 bridgehead atoms. The molecule has 2 atom stereocenters. The van der Waals surface area contributed by atoms with Gasteiger partial charge in [-0.25, -0.2) is 8.42 Å². The van der Waals surface area contributed by atoms with Crippen molar-refractivity contribution >= 4 is 15.6 Å². The Morgan fingerprint density at radius 1 is 1.11 bits per heavy atom. The first-order chi connectivity index (χ1) is 8.98. The monoisotopic (exact) mass is 276 g/mol. The molecule has 2 unspecified atom stereocenters. The summed E-state index contributed by atoms with van der Waals surface area (Å²) in [5.74, 6) is -0.0943. The number of allylic oxidation sites excluding steroid dienone is 2. The van der Waals surface area contributed by atoms with Crippen molar-refractivity contribution in [2.24, 2.45) is 11.8 Å². The third kappa shape index (κ3) is 2.04. The van der Waals surface area contributed by atoms with Crippen molar-refractivity contribution in [3.63, 3.8) is 0 Å². The van der Waals surface area contributed by atoms with Gasteiger partial charge in [-0.1, -0.05) is 23.8 Å². The first-order valence-corrected chi connectivity index (χ1v) is 8.03. The number of hydrogen-bond donors (Lipinski definition) is 0. The molecule has 19 heavy (non-hydrogen) atoms. The number of fused-ring (bicyclic) bond motifs is 2. The lowest BCUT2D eigenvalue weighted by atomic mass is 9.75. The fourth-order valence-electron chi connectivity index (χ4n) is 2.95. The number of ketones is 1. The zero-order valence-corrected chi connectivity index (χ0v) is 11.6. The molecule has 0 aliphatic heterocycles. The van der Waals surface area contributed by atoms with E-state index in [4.69, 9.17) is 0 Å². The summed E-state index contributed by atoms with van der Waals surface area (Å²) in [4.78, 5) is 12.5. The molecule has 1 aromatic rings. The summed E-state index contributed by atoms with van der Waals surface area (Å²) in [6.07, 6.45) is 3.69. The predicted octanol–water partition coefficient (Wildman–Crippen LogP) is 2.65. The number of hydrogen-bond acceptors (Lipinski definition) is 3. The number of sulfone groups is 1. The molecule has 1 fully saturated rings. The molecule has 0 radical (unpaired) electrons. The Balaban J connectivity index is 2.04. The zero-order chi connectivity index (χ0) is 13.6. The van der Waals surface area contributed by atoms with E-state index in [1.807, 2.05) is 6.92 Å². The molecule has 3 nitrogen and oxygen atoms in total. The minimum absolute atomic E-state index is 0.108. The van der Waals surface area contributed by atoms with Crippen LogP contribution in [0.15, 0.2) is 40.1 Å². The highest BCUT2D eigenvalue weighted by atomic mass is 32.2. The summed E-state index contributed by atoms with van der Waals surface area (Å²) >= 11 is 0. The lowest BCUT2D eigenvalue weighted by molar-refractivity contribution is -0.124. The Kier molecular flexibility index (Phi) is 2.86. The minimum Gasteiger partial charge on any atom is -0.299 e. The molecule has 1 saturated carbocycles. The fourth-order valence-corrected chi connectivity index (χ4v) is 4.70. The van der Waals surface area contributed by atoms with Crippen molar-refractivity contribution in [1.82, 2.24) is 0 Å². The van der Waals surface area contributed by atoms with E-state index in [0.717, 1.165) is 18.4 Å². The van der Waals surface area contributed by atoms with Crippen LogP contribution in [0.25, 0.3) is 0 Å². The second kappa shape index (κ2) is 4.30. The predicted molar refractivity (Wildman–Crippen MR) is 72.3 cm³/mol. The van der Waals surface area contributed by atoms with Gasteiger partial charge in [0.05, 0.1) is 4.90 Å². The highest BCUT2D eigenvalue weighted by molar-refractivity contribution is 7.95. The number of benzene rings is 1. The van der Waals surface area contributed by atoms with Crippen LogP contribution in [0.3, 0.4) is 0 Å². The van der Waals surface area contributed by atoms with E-state index in [2.05, 4.69) is 0 Å². The Morgan fingerprint density at radius 3 is 2.32 bits per heavy atom. The van der Waals surface area contributed by atoms with E-state index < -0.39 is 9.84 Å². The molecular weight excluding hydrogens is 260 g/mol. The zero-order valence-electron chi connectivity index (χ0n) is 10.8. The van der Waals surface area contributed by atoms with Crippen molar-refractivity contribution < 1.29 is 13.2 Å². The maximum absolute atomic E-state index is 12.6. The van der Waals surface area contributed by atoms with Crippen molar-refractivity contribution in [1.29, 1.82) is 0 Å². The lowest BCUT2D eigenvalue weighted by Crippen LogP contribution is -2.33. The molecular formula is C15H16O3S. The first-order valence-electron chi connectivity index (χ1n) is 6.54. The molecule has 0 N–H and O–H groups in total. The second-order valence-corrected chi connectivity index (χ2v) is 7.39. The SMILES string of the molecule is Cc1ccc(S(=O)(=O)C2=CC3CCC2CC3=O)cc1. The molecule has 0 amide bonds. The normalized spacial score (nSPS) is 26.4. The quantitative estimate of drug-likeness (QED) is 0.834. The Morgan fingerprint density at radius 2 is 1.79 bits per heavy atom. The number of carbonyl (C=O) groups excluding carboxylic acids is 1. The third-order valence-electron chi connectivity index (χ3n) is 4.10. The van der Waals surface area contributed by atoms with Gasteiger partial charge >= 0.3 is 0 Å². The van der Waals surface area contributed by atoms with Crippen LogP contribution in [0.1, 0.15) is 24.8 Å². The summed E-state index contributed by atoms with van der Waals surface area (Å²) in [7, 11) is -3.42. The fraction of sp³-hybridized carbons (Fsp3) is 0.400. The van der Waals surface area contributed by atoms with Gasteiger partial charge in [-0.2, -0.15) is 0 Å². The van der Waals surface area contributed by atoms with Gasteiger partial charge in [0.25, 0.3) is 0 Å². The van der Waals surface area contributed by atoms with Gasteiger partial charge in [-0.15, -0.1) is 0 Å². The maximum atomic E-state index is 12.6. The topological polar surface area (TPSA) is 51.2 Å². The molecule has 1 aromatic carbocycles. The van der Waals surface area contributed by atoms with Crippen molar-refractivity contribution in [2.45, 2.75) is 31.1 Å². The van der Waals surface area contributed by atoms with Gasteiger partial charge in [0.15, 0.2) is 0 Å². The average molecular weight is 276 g/mol. The van der Waals surface area contributed by atoms with Gasteiger partial charge in [0, 0.05) is 23.2 Å². The van der Waals surface area contributed by atoms with E-state index in [0.29, 0.717) is 16.2 Å². The van der Waals surface area contributed by atoms with Crippen molar-refractivity contribution in [2.75, 3.05) is 0 Å². The summed E-state index contributed by atoms with van der Waals surface area (Å²) in [5.41, 5.74) is 1.04. The smallest absolute Gasteiger partial charge is 0.202 e. The summed E-state index contributed by atoms with van der Waals surface area (Å²) in [5, 5.41) is 0. The van der Waals surface area contributed by atoms with Gasteiger partial charge in [0.2, 0.25) is 9.84 Å². The van der Waals surface area contributed by atoms with Crippen LogP contribution in [0, 0.1) is 18.8 Å². The summed E-state index contributed by atoms with van der Waals surface area (Å²) in [6, 6.07) is 6.91. The lowest BCUT2D eigenvalue weighted by Gasteiger charge is -2.33. The second-order valence-electron chi connectivity index (χ2n) is 5.44. The van der Waals surface area contributed by atoms with Crippen molar-refractivity contribution in [3.8, 4) is 0 Å². The van der Waals surface area contributed by atoms with Gasteiger partial charge in [0.1, 0.15) is 5.78 Å². The van der Waals surface area contributed by atoms with Crippen LogP contribution in [0.4, 0.5) is 0 Å². The van der Waals surface area contributed by atoms with Gasteiger partial charge in [-0.3, -0.25) is 4.79 Å². The highest BCUT2D eigenvalue weighted by Crippen LogP contribution is 2.42. The molecule has 0 heterocycles. The maximum Gasteiger partial charge on any atom is 0.202 e. The van der Waals surface area contributed by atoms with E-state index >= 15 is 0 Å². The van der Waals surface area contributed by atoms with Crippen LogP contribution in [0.2, 0.25) is 0 Å². The number of aryl methyl sites for hydroxylation is 1. The molecule has 3 aliphatic rings. The van der Waals surface area contributed by atoms with E-state index in [1.54, 1.807) is 30.3 Å². The van der Waals surface area contributed by atoms with E-state index in [1.165, 1.54) is 0 Å². The summed E-state index contributed by atoms with van der Waals surface area (Å²) < 4.78 is 25.2. The average Bonchev–Trinajstić information content (AvgIpc) is 2.39. The Bertz CT molecular complexity index is 653. The first kappa shape index (κ1) is 12.6.